The maximum Gasteiger partial charge on any atom is 0.315 e. The third-order valence-corrected chi connectivity index (χ3v) is 2.30. The quantitative estimate of drug-likeness (QED) is 0.396. The molecule has 0 spiro atoms. The van der Waals surface area contributed by atoms with E-state index in [4.69, 9.17) is 0 Å². The van der Waals surface area contributed by atoms with Crippen molar-refractivity contribution in [3.05, 3.63) is 5.21 Å². The lowest BCUT2D eigenvalue weighted by Crippen LogP contribution is -2.33. The Hall–Kier alpha value is -0.140. The first-order valence-corrected chi connectivity index (χ1v) is 3.75. The van der Waals surface area contributed by atoms with E-state index in [-0.39, 0.29) is 5.06 Å². The van der Waals surface area contributed by atoms with Gasteiger partial charge in [0.05, 0.1) is 0 Å². The molecule has 56 valence electrons. The van der Waals surface area contributed by atoms with Gasteiger partial charge in [-0.15, -0.1) is 0 Å². The average Bonchev–Trinajstić information content (AvgIpc) is 1.97. The van der Waals surface area contributed by atoms with Gasteiger partial charge in [-0.05, 0) is 31.9 Å². The fourth-order valence-electron chi connectivity index (χ4n) is 0.443. The van der Waals surface area contributed by atoms with Gasteiger partial charge in [-0.1, -0.05) is 0 Å². The standard InChI is InChI=1S/C3HBr2N2O3/c4-3(5)1(8)6-2(9)7(3)10/h(H,6,8,9)/q-1. The second-order valence-corrected chi connectivity index (χ2v) is 4.95. The van der Waals surface area contributed by atoms with Crippen molar-refractivity contribution in [2.45, 2.75) is 3.36 Å². The smallest absolute Gasteiger partial charge is 0.315 e. The third-order valence-electron chi connectivity index (χ3n) is 0.933. The van der Waals surface area contributed by atoms with Gasteiger partial charge in [0.15, 0.2) is 0 Å². The van der Waals surface area contributed by atoms with Crippen LogP contribution in [0, 0.1) is 5.21 Å². The van der Waals surface area contributed by atoms with E-state index in [2.05, 4.69) is 31.9 Å². The number of carbonyl (C=O) groups is 2. The zero-order valence-electron chi connectivity index (χ0n) is 4.43. The number of imide groups is 1. The van der Waals surface area contributed by atoms with Crippen LogP contribution in [0.1, 0.15) is 0 Å². The average molecular weight is 273 g/mol. The number of hydroxylamine groups is 2. The monoisotopic (exact) mass is 271 g/mol. The minimum absolute atomic E-state index is 0.0324. The number of hydrogen-bond donors (Lipinski definition) is 1. The molecule has 1 aliphatic heterocycles. The lowest BCUT2D eigenvalue weighted by atomic mass is 10.6. The molecule has 1 saturated heterocycles. The molecule has 3 amide bonds. The highest BCUT2D eigenvalue weighted by Gasteiger charge is 2.44. The number of rotatable bonds is 0. The Bertz CT molecular complexity index is 204. The fourth-order valence-corrected chi connectivity index (χ4v) is 0.963. The number of halogens is 2. The normalized spacial score (nSPS) is 23.3. The second kappa shape index (κ2) is 2.18. The summed E-state index contributed by atoms with van der Waals surface area (Å²) in [6.45, 7) is 0. The third kappa shape index (κ3) is 0.938. The van der Waals surface area contributed by atoms with Gasteiger partial charge in [0.2, 0.25) is 3.36 Å². The molecule has 0 aromatic carbocycles. The first kappa shape index (κ1) is 7.96. The number of nitrogens with zero attached hydrogens (tertiary/aromatic N) is 1. The number of carbonyl (C=O) groups excluding carboxylic acids is 2. The van der Waals surface area contributed by atoms with Crippen LogP contribution >= 0.6 is 31.9 Å². The molecular weight excluding hydrogens is 272 g/mol. The molecular formula is C3HBr2N2O3-. The predicted molar refractivity (Wildman–Crippen MR) is 39.3 cm³/mol. The molecule has 1 aliphatic rings. The summed E-state index contributed by atoms with van der Waals surface area (Å²) in [6, 6.07) is -0.973. The second-order valence-electron chi connectivity index (χ2n) is 1.59. The first-order chi connectivity index (χ1) is 4.46. The maximum atomic E-state index is 10.6. The van der Waals surface area contributed by atoms with Crippen LogP contribution in [0.25, 0.3) is 0 Å². The van der Waals surface area contributed by atoms with Crippen molar-refractivity contribution in [2.75, 3.05) is 0 Å². The molecule has 0 saturated carbocycles. The van der Waals surface area contributed by atoms with E-state index in [9.17, 15) is 14.8 Å². The van der Waals surface area contributed by atoms with Crippen LogP contribution in [0.2, 0.25) is 0 Å². The highest BCUT2D eigenvalue weighted by molar-refractivity contribution is 9.25. The van der Waals surface area contributed by atoms with Gasteiger partial charge in [-0.2, -0.15) is 0 Å². The van der Waals surface area contributed by atoms with E-state index in [0.717, 1.165) is 0 Å². The Morgan fingerprint density at radius 2 is 2.00 bits per heavy atom. The molecule has 0 aliphatic carbocycles. The molecule has 0 atom stereocenters. The number of nitrogens with one attached hydrogen (secondary N) is 1. The highest BCUT2D eigenvalue weighted by atomic mass is 79.9. The van der Waals surface area contributed by atoms with Crippen molar-refractivity contribution >= 4 is 43.8 Å². The summed E-state index contributed by atoms with van der Waals surface area (Å²) in [7, 11) is 0. The van der Waals surface area contributed by atoms with Crippen LogP contribution in [-0.4, -0.2) is 20.4 Å². The Morgan fingerprint density at radius 1 is 1.50 bits per heavy atom. The maximum absolute atomic E-state index is 10.6. The van der Waals surface area contributed by atoms with Crippen molar-refractivity contribution in [3.63, 3.8) is 0 Å². The van der Waals surface area contributed by atoms with Crippen LogP contribution in [-0.2, 0) is 4.79 Å². The Morgan fingerprint density at radius 3 is 2.10 bits per heavy atom. The van der Waals surface area contributed by atoms with Gasteiger partial charge in [-0.25, -0.2) is 4.79 Å². The minimum Gasteiger partial charge on any atom is -0.753 e. The first-order valence-electron chi connectivity index (χ1n) is 2.17. The Labute approximate surface area is 72.6 Å². The molecule has 0 aromatic heterocycles. The van der Waals surface area contributed by atoms with Crippen molar-refractivity contribution in [3.8, 4) is 0 Å². The predicted octanol–water partition coefficient (Wildman–Crippen LogP) is 0.480. The van der Waals surface area contributed by atoms with E-state index in [0.29, 0.717) is 0 Å². The topological polar surface area (TPSA) is 72.5 Å². The van der Waals surface area contributed by atoms with Gasteiger partial charge in [-0.3, -0.25) is 10.1 Å². The molecule has 7 heteroatoms. The summed E-state index contributed by atoms with van der Waals surface area (Å²) in [5, 5.41) is 12.4. The summed E-state index contributed by atoms with van der Waals surface area (Å²) in [6.07, 6.45) is 0. The SMILES string of the molecule is O=C1NC(=O)C(Br)(Br)N1[O-]. The Kier molecular flexibility index (Phi) is 1.73. The zero-order chi connectivity index (χ0) is 7.94. The molecule has 0 aromatic rings. The van der Waals surface area contributed by atoms with Gasteiger partial charge >= 0.3 is 6.03 Å². The highest BCUT2D eigenvalue weighted by Crippen LogP contribution is 2.33. The largest absolute Gasteiger partial charge is 0.753 e. The van der Waals surface area contributed by atoms with Gasteiger partial charge in [0.25, 0.3) is 5.91 Å². The molecule has 0 unspecified atom stereocenters. The van der Waals surface area contributed by atoms with Crippen LogP contribution < -0.4 is 5.32 Å². The van der Waals surface area contributed by atoms with Crippen molar-refractivity contribution < 1.29 is 9.59 Å². The molecule has 1 fully saturated rings. The minimum atomic E-state index is -1.61. The number of alkyl halides is 2. The molecule has 10 heavy (non-hydrogen) atoms. The molecule has 1 heterocycles. The molecule has 5 nitrogen and oxygen atoms in total. The van der Waals surface area contributed by atoms with Crippen LogP contribution in [0.3, 0.4) is 0 Å². The summed E-state index contributed by atoms with van der Waals surface area (Å²) in [5.74, 6) is -0.715. The van der Waals surface area contributed by atoms with Crippen molar-refractivity contribution in [1.29, 1.82) is 0 Å². The summed E-state index contributed by atoms with van der Waals surface area (Å²) in [5.41, 5.74) is 0. The molecule has 0 bridgehead atoms. The number of amides is 3. The molecule has 1 N–H and O–H groups in total. The van der Waals surface area contributed by atoms with Crippen molar-refractivity contribution in [1.82, 2.24) is 10.4 Å². The molecule has 0 radical (unpaired) electrons. The van der Waals surface area contributed by atoms with Crippen molar-refractivity contribution in [2.24, 2.45) is 0 Å². The number of hydrogen-bond acceptors (Lipinski definition) is 3. The summed E-state index contributed by atoms with van der Waals surface area (Å²) < 4.78 is -1.61. The van der Waals surface area contributed by atoms with E-state index >= 15 is 0 Å². The number of urea groups is 1. The van der Waals surface area contributed by atoms with Gasteiger partial charge < -0.3 is 10.3 Å². The van der Waals surface area contributed by atoms with Crippen LogP contribution in [0.4, 0.5) is 4.79 Å². The zero-order valence-corrected chi connectivity index (χ0v) is 7.60. The van der Waals surface area contributed by atoms with E-state index in [1.807, 2.05) is 0 Å². The Balaban J connectivity index is 2.96. The van der Waals surface area contributed by atoms with Gasteiger partial charge in [0.1, 0.15) is 0 Å². The van der Waals surface area contributed by atoms with Gasteiger partial charge in [0, 0.05) is 0 Å². The van der Waals surface area contributed by atoms with E-state index in [1.165, 1.54) is 0 Å². The molecule has 1 rings (SSSR count). The fraction of sp³-hybridized carbons (Fsp3) is 0.333. The van der Waals surface area contributed by atoms with E-state index < -0.39 is 15.3 Å². The van der Waals surface area contributed by atoms with Crippen LogP contribution in [0.15, 0.2) is 0 Å². The van der Waals surface area contributed by atoms with E-state index in [1.54, 1.807) is 5.32 Å². The van der Waals surface area contributed by atoms with Crippen LogP contribution in [0.5, 0.6) is 0 Å². The lowest BCUT2D eigenvalue weighted by molar-refractivity contribution is -0.119. The summed E-state index contributed by atoms with van der Waals surface area (Å²) >= 11 is 5.42. The lowest BCUT2D eigenvalue weighted by Gasteiger charge is -2.29. The summed E-state index contributed by atoms with van der Waals surface area (Å²) in [4.78, 5) is 21.1.